The first-order valence-electron chi connectivity index (χ1n) is 6.48. The van der Waals surface area contributed by atoms with Crippen molar-refractivity contribution in [2.75, 3.05) is 18.8 Å². The lowest BCUT2D eigenvalue weighted by Crippen LogP contribution is -2.32. The fraction of sp³-hybridized carbons (Fsp3) is 0.571. The van der Waals surface area contributed by atoms with Gasteiger partial charge in [0, 0.05) is 24.3 Å². The molecule has 1 aliphatic rings. The third-order valence-corrected chi connectivity index (χ3v) is 3.69. The molecular formula is C14H22N2O. The van der Waals surface area contributed by atoms with Crippen LogP contribution in [0.5, 0.6) is 5.75 Å². The molecule has 0 spiro atoms. The Bertz CT molecular complexity index is 374. The van der Waals surface area contributed by atoms with Gasteiger partial charge in [0.05, 0.1) is 0 Å². The van der Waals surface area contributed by atoms with E-state index >= 15 is 0 Å². The molecule has 17 heavy (non-hydrogen) atoms. The number of nitrogens with zero attached hydrogens (tertiary/aromatic N) is 1. The van der Waals surface area contributed by atoms with Gasteiger partial charge in [0.25, 0.3) is 0 Å². The Balaban J connectivity index is 1.98. The number of hydrogen-bond acceptors (Lipinski definition) is 3. The highest BCUT2D eigenvalue weighted by atomic mass is 16.3. The third-order valence-electron chi connectivity index (χ3n) is 3.69. The summed E-state index contributed by atoms with van der Waals surface area (Å²) in [7, 11) is 0. The largest absolute Gasteiger partial charge is 0.508 e. The van der Waals surface area contributed by atoms with Crippen molar-refractivity contribution in [1.29, 1.82) is 0 Å². The van der Waals surface area contributed by atoms with Crippen molar-refractivity contribution in [2.45, 2.75) is 32.7 Å². The minimum atomic E-state index is 0.353. The maximum Gasteiger partial charge on any atom is 0.120 e. The quantitative estimate of drug-likeness (QED) is 0.608. The van der Waals surface area contributed by atoms with Crippen molar-refractivity contribution in [3.05, 3.63) is 23.8 Å². The van der Waals surface area contributed by atoms with Crippen molar-refractivity contribution in [3.8, 4) is 5.75 Å². The Hall–Kier alpha value is -1.22. The van der Waals surface area contributed by atoms with Gasteiger partial charge in [0.15, 0.2) is 0 Å². The molecule has 0 aromatic heterocycles. The SMILES string of the molecule is CCN(Cc1cc(N)ccc1O)CC1CCC1. The van der Waals surface area contributed by atoms with E-state index in [1.165, 1.54) is 19.3 Å². The summed E-state index contributed by atoms with van der Waals surface area (Å²) in [6.45, 7) is 5.13. The summed E-state index contributed by atoms with van der Waals surface area (Å²) in [6.07, 6.45) is 4.10. The summed E-state index contributed by atoms with van der Waals surface area (Å²) in [5, 5.41) is 9.80. The summed E-state index contributed by atoms with van der Waals surface area (Å²) in [6, 6.07) is 5.29. The second-order valence-electron chi connectivity index (χ2n) is 5.01. The molecule has 1 fully saturated rings. The zero-order chi connectivity index (χ0) is 12.3. The van der Waals surface area contributed by atoms with E-state index in [1.54, 1.807) is 12.1 Å². The summed E-state index contributed by atoms with van der Waals surface area (Å²) in [5.74, 6) is 1.21. The summed E-state index contributed by atoms with van der Waals surface area (Å²) >= 11 is 0. The number of benzene rings is 1. The van der Waals surface area contributed by atoms with Gasteiger partial charge < -0.3 is 10.8 Å². The number of phenols is 1. The van der Waals surface area contributed by atoms with Gasteiger partial charge >= 0.3 is 0 Å². The predicted octanol–water partition coefficient (Wildman–Crippen LogP) is 2.60. The van der Waals surface area contributed by atoms with E-state index in [-0.39, 0.29) is 0 Å². The number of rotatable bonds is 5. The van der Waals surface area contributed by atoms with E-state index in [4.69, 9.17) is 5.73 Å². The van der Waals surface area contributed by atoms with E-state index in [0.717, 1.165) is 36.8 Å². The van der Waals surface area contributed by atoms with Crippen LogP contribution >= 0.6 is 0 Å². The molecular weight excluding hydrogens is 212 g/mol. The van der Waals surface area contributed by atoms with Crippen LogP contribution in [0, 0.1) is 5.92 Å². The van der Waals surface area contributed by atoms with Gasteiger partial charge in [0.1, 0.15) is 5.75 Å². The van der Waals surface area contributed by atoms with E-state index in [0.29, 0.717) is 5.75 Å². The molecule has 1 saturated carbocycles. The minimum absolute atomic E-state index is 0.353. The Morgan fingerprint density at radius 1 is 1.41 bits per heavy atom. The summed E-state index contributed by atoms with van der Waals surface area (Å²) in [4.78, 5) is 2.39. The maximum atomic E-state index is 9.80. The Kier molecular flexibility index (Phi) is 3.89. The van der Waals surface area contributed by atoms with Crippen molar-refractivity contribution >= 4 is 5.69 Å². The topological polar surface area (TPSA) is 49.5 Å². The van der Waals surface area contributed by atoms with Crippen LogP contribution in [-0.2, 0) is 6.54 Å². The van der Waals surface area contributed by atoms with Gasteiger partial charge in [0.2, 0.25) is 0 Å². The number of nitrogen functional groups attached to an aromatic ring is 1. The first-order chi connectivity index (χ1) is 8.19. The van der Waals surface area contributed by atoms with Crippen molar-refractivity contribution in [3.63, 3.8) is 0 Å². The predicted molar refractivity (Wildman–Crippen MR) is 70.8 cm³/mol. The van der Waals surface area contributed by atoms with Crippen LogP contribution in [0.2, 0.25) is 0 Å². The van der Waals surface area contributed by atoms with Crippen LogP contribution in [-0.4, -0.2) is 23.1 Å². The van der Waals surface area contributed by atoms with E-state index < -0.39 is 0 Å². The zero-order valence-electron chi connectivity index (χ0n) is 10.5. The van der Waals surface area contributed by atoms with Crippen LogP contribution in [0.25, 0.3) is 0 Å². The van der Waals surface area contributed by atoms with Crippen LogP contribution in [0.4, 0.5) is 5.69 Å². The lowest BCUT2D eigenvalue weighted by atomic mass is 9.85. The molecule has 1 aromatic carbocycles. The molecule has 0 heterocycles. The highest BCUT2D eigenvalue weighted by Gasteiger charge is 2.20. The average Bonchev–Trinajstić information content (AvgIpc) is 2.26. The molecule has 0 atom stereocenters. The van der Waals surface area contributed by atoms with Crippen LogP contribution in [0.3, 0.4) is 0 Å². The normalized spacial score (nSPS) is 16.1. The van der Waals surface area contributed by atoms with Gasteiger partial charge in [-0.2, -0.15) is 0 Å². The molecule has 3 heteroatoms. The molecule has 0 aliphatic heterocycles. The Morgan fingerprint density at radius 2 is 2.18 bits per heavy atom. The van der Waals surface area contributed by atoms with E-state index in [9.17, 15) is 5.11 Å². The molecule has 0 bridgehead atoms. The number of hydrogen-bond donors (Lipinski definition) is 2. The van der Waals surface area contributed by atoms with Crippen LogP contribution < -0.4 is 5.73 Å². The fourth-order valence-electron chi connectivity index (χ4n) is 2.32. The fourth-order valence-corrected chi connectivity index (χ4v) is 2.32. The van der Waals surface area contributed by atoms with Crippen molar-refractivity contribution in [1.82, 2.24) is 4.90 Å². The van der Waals surface area contributed by atoms with E-state index in [1.807, 2.05) is 6.07 Å². The molecule has 3 N–H and O–H groups in total. The molecule has 1 aliphatic carbocycles. The number of aromatic hydroxyl groups is 1. The molecule has 0 saturated heterocycles. The first-order valence-corrected chi connectivity index (χ1v) is 6.48. The second-order valence-corrected chi connectivity index (χ2v) is 5.01. The molecule has 0 amide bonds. The van der Waals surface area contributed by atoms with Crippen LogP contribution in [0.1, 0.15) is 31.7 Å². The highest BCUT2D eigenvalue weighted by Crippen LogP contribution is 2.28. The summed E-state index contributed by atoms with van der Waals surface area (Å²) < 4.78 is 0. The number of anilines is 1. The summed E-state index contributed by atoms with van der Waals surface area (Å²) in [5.41, 5.74) is 7.41. The van der Waals surface area contributed by atoms with Gasteiger partial charge in [-0.05, 0) is 43.5 Å². The first kappa shape index (κ1) is 12.2. The highest BCUT2D eigenvalue weighted by molar-refractivity contribution is 5.47. The van der Waals surface area contributed by atoms with Crippen molar-refractivity contribution in [2.24, 2.45) is 5.92 Å². The van der Waals surface area contributed by atoms with Crippen molar-refractivity contribution < 1.29 is 5.11 Å². The van der Waals surface area contributed by atoms with Gasteiger partial charge in [-0.1, -0.05) is 13.3 Å². The lowest BCUT2D eigenvalue weighted by molar-refractivity contribution is 0.177. The zero-order valence-corrected chi connectivity index (χ0v) is 10.5. The molecule has 0 radical (unpaired) electrons. The second kappa shape index (κ2) is 5.41. The van der Waals surface area contributed by atoms with Crippen LogP contribution in [0.15, 0.2) is 18.2 Å². The monoisotopic (exact) mass is 234 g/mol. The molecule has 94 valence electrons. The Labute approximate surface area is 103 Å². The smallest absolute Gasteiger partial charge is 0.120 e. The number of phenolic OH excluding ortho intramolecular Hbond substituents is 1. The van der Waals surface area contributed by atoms with Gasteiger partial charge in [-0.15, -0.1) is 0 Å². The van der Waals surface area contributed by atoms with E-state index in [2.05, 4.69) is 11.8 Å². The molecule has 3 nitrogen and oxygen atoms in total. The Morgan fingerprint density at radius 3 is 2.76 bits per heavy atom. The molecule has 2 rings (SSSR count). The molecule has 0 unspecified atom stereocenters. The molecule has 1 aromatic rings. The van der Waals surface area contributed by atoms with Gasteiger partial charge in [-0.3, -0.25) is 4.90 Å². The average molecular weight is 234 g/mol. The minimum Gasteiger partial charge on any atom is -0.508 e. The lowest BCUT2D eigenvalue weighted by Gasteiger charge is -2.31. The van der Waals surface area contributed by atoms with Gasteiger partial charge in [-0.25, -0.2) is 0 Å². The maximum absolute atomic E-state index is 9.80. The standard InChI is InChI=1S/C14H22N2O/c1-2-16(9-11-4-3-5-11)10-12-8-13(15)6-7-14(12)17/h6-8,11,17H,2-5,9-10,15H2,1H3. The number of nitrogens with two attached hydrogens (primary N) is 1. The third kappa shape index (κ3) is 3.13.